The second-order valence-electron chi connectivity index (χ2n) is 3.95. The SMILES string of the molecule is CCc1nc(C(=O)NCc2ccc(C#N)cc2)n[nH]1. The topological polar surface area (TPSA) is 94.5 Å². The van der Waals surface area contributed by atoms with E-state index in [1.807, 2.05) is 13.0 Å². The number of H-pyrrole nitrogens is 1. The van der Waals surface area contributed by atoms with Gasteiger partial charge in [0.25, 0.3) is 5.91 Å². The van der Waals surface area contributed by atoms with Gasteiger partial charge in [-0.3, -0.25) is 9.89 Å². The van der Waals surface area contributed by atoms with Crippen LogP contribution in [-0.2, 0) is 13.0 Å². The van der Waals surface area contributed by atoms with Crippen LogP contribution in [0, 0.1) is 11.3 Å². The van der Waals surface area contributed by atoms with Crippen LogP contribution >= 0.6 is 0 Å². The molecule has 0 saturated heterocycles. The largest absolute Gasteiger partial charge is 0.345 e. The summed E-state index contributed by atoms with van der Waals surface area (Å²) in [7, 11) is 0. The van der Waals surface area contributed by atoms with Crippen LogP contribution in [0.3, 0.4) is 0 Å². The molecule has 0 spiro atoms. The summed E-state index contributed by atoms with van der Waals surface area (Å²) in [5.74, 6) is 0.509. The van der Waals surface area contributed by atoms with Gasteiger partial charge in [-0.25, -0.2) is 4.98 Å². The minimum Gasteiger partial charge on any atom is -0.345 e. The lowest BCUT2D eigenvalue weighted by Gasteiger charge is -2.02. The predicted molar refractivity (Wildman–Crippen MR) is 68.1 cm³/mol. The Balaban J connectivity index is 1.94. The fourth-order valence-electron chi connectivity index (χ4n) is 1.51. The van der Waals surface area contributed by atoms with Crippen LogP contribution in [0.15, 0.2) is 24.3 Å². The minimum absolute atomic E-state index is 0.144. The van der Waals surface area contributed by atoms with Crippen molar-refractivity contribution in [1.82, 2.24) is 20.5 Å². The van der Waals surface area contributed by atoms with Crippen molar-refractivity contribution >= 4 is 5.91 Å². The quantitative estimate of drug-likeness (QED) is 0.857. The van der Waals surface area contributed by atoms with Crippen molar-refractivity contribution < 1.29 is 4.79 Å². The maximum absolute atomic E-state index is 11.8. The van der Waals surface area contributed by atoms with Crippen LogP contribution in [0.25, 0.3) is 0 Å². The van der Waals surface area contributed by atoms with Crippen molar-refractivity contribution in [3.8, 4) is 6.07 Å². The predicted octanol–water partition coefficient (Wildman–Crippen LogP) is 1.17. The average Bonchev–Trinajstić information content (AvgIpc) is 2.94. The molecule has 19 heavy (non-hydrogen) atoms. The molecule has 0 aliphatic carbocycles. The van der Waals surface area contributed by atoms with Crippen LogP contribution < -0.4 is 5.32 Å². The first kappa shape index (κ1) is 12.8. The van der Waals surface area contributed by atoms with E-state index in [2.05, 4.69) is 20.5 Å². The van der Waals surface area contributed by atoms with Gasteiger partial charge in [-0.15, -0.1) is 5.10 Å². The first-order valence-corrected chi connectivity index (χ1v) is 5.91. The number of carbonyl (C=O) groups is 1. The molecule has 0 radical (unpaired) electrons. The van der Waals surface area contributed by atoms with Crippen molar-refractivity contribution in [2.75, 3.05) is 0 Å². The summed E-state index contributed by atoms with van der Waals surface area (Å²) in [6.07, 6.45) is 0.704. The average molecular weight is 255 g/mol. The summed E-state index contributed by atoms with van der Waals surface area (Å²) in [6, 6.07) is 9.07. The Morgan fingerprint density at radius 1 is 1.42 bits per heavy atom. The minimum atomic E-state index is -0.319. The number of benzene rings is 1. The van der Waals surface area contributed by atoms with E-state index in [1.165, 1.54) is 0 Å². The highest BCUT2D eigenvalue weighted by atomic mass is 16.2. The first-order chi connectivity index (χ1) is 9.22. The molecule has 6 nitrogen and oxygen atoms in total. The Morgan fingerprint density at radius 3 is 2.74 bits per heavy atom. The second kappa shape index (κ2) is 5.78. The Kier molecular flexibility index (Phi) is 3.88. The zero-order valence-corrected chi connectivity index (χ0v) is 10.5. The van der Waals surface area contributed by atoms with Gasteiger partial charge >= 0.3 is 0 Å². The number of hydrogen-bond acceptors (Lipinski definition) is 4. The molecule has 2 N–H and O–H groups in total. The highest BCUT2D eigenvalue weighted by molar-refractivity contribution is 5.90. The van der Waals surface area contributed by atoms with E-state index in [4.69, 9.17) is 5.26 Å². The third kappa shape index (κ3) is 3.16. The van der Waals surface area contributed by atoms with E-state index in [1.54, 1.807) is 24.3 Å². The first-order valence-electron chi connectivity index (χ1n) is 5.91. The fourth-order valence-corrected chi connectivity index (χ4v) is 1.51. The van der Waals surface area contributed by atoms with Crippen LogP contribution in [0.5, 0.6) is 0 Å². The maximum Gasteiger partial charge on any atom is 0.291 e. The number of hydrogen-bond donors (Lipinski definition) is 2. The smallest absolute Gasteiger partial charge is 0.291 e. The number of aryl methyl sites for hydroxylation is 1. The number of aromatic amines is 1. The number of nitrogens with zero attached hydrogens (tertiary/aromatic N) is 3. The van der Waals surface area contributed by atoms with E-state index in [-0.39, 0.29) is 11.7 Å². The van der Waals surface area contributed by atoms with Crippen molar-refractivity contribution in [3.63, 3.8) is 0 Å². The Hall–Kier alpha value is -2.68. The molecule has 2 rings (SSSR count). The number of nitrogens with one attached hydrogen (secondary N) is 2. The summed E-state index contributed by atoms with van der Waals surface area (Å²) in [4.78, 5) is 15.8. The summed E-state index contributed by atoms with van der Waals surface area (Å²) < 4.78 is 0. The molecule has 1 aromatic heterocycles. The number of carbonyl (C=O) groups excluding carboxylic acids is 1. The van der Waals surface area contributed by atoms with E-state index >= 15 is 0 Å². The number of rotatable bonds is 4. The zero-order chi connectivity index (χ0) is 13.7. The van der Waals surface area contributed by atoms with Gasteiger partial charge in [0.05, 0.1) is 11.6 Å². The second-order valence-corrected chi connectivity index (χ2v) is 3.95. The lowest BCUT2D eigenvalue weighted by Crippen LogP contribution is -2.24. The van der Waals surface area contributed by atoms with Gasteiger partial charge in [0.15, 0.2) is 0 Å². The van der Waals surface area contributed by atoms with Crippen LogP contribution in [0.4, 0.5) is 0 Å². The molecule has 0 saturated carbocycles. The third-order valence-electron chi connectivity index (χ3n) is 2.61. The van der Waals surface area contributed by atoms with Gasteiger partial charge in [0.2, 0.25) is 5.82 Å². The number of aromatic nitrogens is 3. The van der Waals surface area contributed by atoms with Gasteiger partial charge in [-0.1, -0.05) is 19.1 Å². The zero-order valence-electron chi connectivity index (χ0n) is 10.5. The molecule has 0 atom stereocenters. The Labute approximate surface area is 110 Å². The van der Waals surface area contributed by atoms with E-state index < -0.39 is 0 Å². The summed E-state index contributed by atoms with van der Waals surface area (Å²) in [6.45, 7) is 2.31. The molecule has 6 heteroatoms. The van der Waals surface area contributed by atoms with Crippen molar-refractivity contribution in [3.05, 3.63) is 47.0 Å². The van der Waals surface area contributed by atoms with Gasteiger partial charge in [-0.2, -0.15) is 5.26 Å². The molecule has 1 heterocycles. The van der Waals surface area contributed by atoms with Gasteiger partial charge in [0, 0.05) is 13.0 Å². The van der Waals surface area contributed by atoms with Crippen LogP contribution in [-0.4, -0.2) is 21.1 Å². The highest BCUT2D eigenvalue weighted by Crippen LogP contribution is 2.03. The van der Waals surface area contributed by atoms with Crippen molar-refractivity contribution in [2.45, 2.75) is 19.9 Å². The van der Waals surface area contributed by atoms with Crippen LogP contribution in [0.1, 0.15) is 34.5 Å². The summed E-state index contributed by atoms with van der Waals surface area (Å²) in [5, 5.41) is 17.9. The highest BCUT2D eigenvalue weighted by Gasteiger charge is 2.11. The van der Waals surface area contributed by atoms with Crippen molar-refractivity contribution in [2.24, 2.45) is 0 Å². The van der Waals surface area contributed by atoms with Gasteiger partial charge < -0.3 is 5.32 Å². The van der Waals surface area contributed by atoms with Crippen LogP contribution in [0.2, 0.25) is 0 Å². The number of amides is 1. The monoisotopic (exact) mass is 255 g/mol. The molecule has 0 aliphatic rings. The molecule has 0 bridgehead atoms. The molecule has 0 fully saturated rings. The Bertz CT molecular complexity index is 609. The third-order valence-corrected chi connectivity index (χ3v) is 2.61. The van der Waals surface area contributed by atoms with E-state index in [0.29, 0.717) is 24.4 Å². The molecule has 96 valence electrons. The fraction of sp³-hybridized carbons (Fsp3) is 0.231. The molecule has 2 aromatic rings. The molecule has 1 amide bonds. The molecule has 0 unspecified atom stereocenters. The standard InChI is InChI=1S/C13H13N5O/c1-2-11-16-12(18-17-11)13(19)15-8-10-5-3-9(7-14)4-6-10/h3-6H,2,8H2,1H3,(H,15,19)(H,16,17,18). The lowest BCUT2D eigenvalue weighted by atomic mass is 10.1. The van der Waals surface area contributed by atoms with Crippen molar-refractivity contribution in [1.29, 1.82) is 5.26 Å². The van der Waals surface area contributed by atoms with E-state index in [9.17, 15) is 4.79 Å². The number of nitriles is 1. The molecular weight excluding hydrogens is 242 g/mol. The molecule has 0 aliphatic heterocycles. The molecular formula is C13H13N5O. The summed E-state index contributed by atoms with van der Waals surface area (Å²) in [5.41, 5.74) is 1.51. The normalized spacial score (nSPS) is 9.89. The summed E-state index contributed by atoms with van der Waals surface area (Å²) >= 11 is 0. The van der Waals surface area contributed by atoms with E-state index in [0.717, 1.165) is 5.56 Å². The maximum atomic E-state index is 11.8. The Morgan fingerprint density at radius 2 is 2.16 bits per heavy atom. The lowest BCUT2D eigenvalue weighted by molar-refractivity contribution is 0.0941. The van der Waals surface area contributed by atoms with Gasteiger partial charge in [-0.05, 0) is 17.7 Å². The molecule has 1 aromatic carbocycles. The van der Waals surface area contributed by atoms with Gasteiger partial charge in [0.1, 0.15) is 5.82 Å².